The van der Waals surface area contributed by atoms with Gasteiger partial charge in [-0.05, 0) is 42.0 Å². The standard InChI is InChI=1S/C23H23N5O4S2/c1-27(2)34(30,31)19-12-10-18(11-13-19)24-21(29)16-33-23-26-25-22(20-9-6-14-32-20)28(23)15-17-7-4-3-5-8-17/h3-14H,15-16H2,1-2H3,(H,24,29). The molecular weight excluding hydrogens is 474 g/mol. The summed E-state index contributed by atoms with van der Waals surface area (Å²) in [5.41, 5.74) is 1.57. The first kappa shape index (κ1) is 23.7. The van der Waals surface area contributed by atoms with Crippen molar-refractivity contribution >= 4 is 33.4 Å². The molecule has 0 aliphatic heterocycles. The number of thioether (sulfide) groups is 1. The predicted octanol–water partition coefficient (Wildman–Crippen LogP) is 3.57. The van der Waals surface area contributed by atoms with Crippen LogP contribution in [0.15, 0.2) is 87.5 Å². The van der Waals surface area contributed by atoms with E-state index in [1.54, 1.807) is 24.5 Å². The molecule has 11 heteroatoms. The normalized spacial score (nSPS) is 11.6. The number of carbonyl (C=O) groups excluding carboxylic acids is 1. The second kappa shape index (κ2) is 10.2. The summed E-state index contributed by atoms with van der Waals surface area (Å²) in [5, 5.41) is 11.9. The number of amides is 1. The fraction of sp³-hybridized carbons (Fsp3) is 0.174. The van der Waals surface area contributed by atoms with E-state index in [4.69, 9.17) is 4.42 Å². The molecule has 9 nitrogen and oxygen atoms in total. The van der Waals surface area contributed by atoms with Crippen molar-refractivity contribution < 1.29 is 17.6 Å². The number of benzene rings is 2. The summed E-state index contributed by atoms with van der Waals surface area (Å²) >= 11 is 1.26. The smallest absolute Gasteiger partial charge is 0.242 e. The van der Waals surface area contributed by atoms with E-state index >= 15 is 0 Å². The van der Waals surface area contributed by atoms with E-state index in [-0.39, 0.29) is 16.6 Å². The Labute approximate surface area is 201 Å². The number of nitrogens with zero attached hydrogens (tertiary/aromatic N) is 4. The van der Waals surface area contributed by atoms with Crippen molar-refractivity contribution in [2.75, 3.05) is 25.2 Å². The van der Waals surface area contributed by atoms with E-state index in [1.165, 1.54) is 38.0 Å². The van der Waals surface area contributed by atoms with E-state index in [0.29, 0.717) is 29.0 Å². The number of carbonyl (C=O) groups is 1. The van der Waals surface area contributed by atoms with E-state index < -0.39 is 10.0 Å². The average molecular weight is 498 g/mol. The molecule has 0 bridgehead atoms. The summed E-state index contributed by atoms with van der Waals surface area (Å²) in [6.07, 6.45) is 1.58. The quantitative estimate of drug-likeness (QED) is 0.352. The number of furan rings is 1. The maximum Gasteiger partial charge on any atom is 0.242 e. The number of anilines is 1. The van der Waals surface area contributed by atoms with Crippen molar-refractivity contribution in [3.05, 3.63) is 78.6 Å². The van der Waals surface area contributed by atoms with Crippen LogP contribution in [0.2, 0.25) is 0 Å². The summed E-state index contributed by atoms with van der Waals surface area (Å²) < 4.78 is 32.9. The molecule has 0 fully saturated rings. The van der Waals surface area contributed by atoms with Crippen molar-refractivity contribution in [3.8, 4) is 11.6 Å². The molecule has 0 aliphatic carbocycles. The summed E-state index contributed by atoms with van der Waals surface area (Å²) in [6, 6.07) is 19.5. The largest absolute Gasteiger partial charge is 0.461 e. The molecular formula is C23H23N5O4S2. The summed E-state index contributed by atoms with van der Waals surface area (Å²) in [5.74, 6) is 1.02. The van der Waals surface area contributed by atoms with Gasteiger partial charge in [0.05, 0.1) is 23.5 Å². The predicted molar refractivity (Wildman–Crippen MR) is 130 cm³/mol. The Morgan fingerprint density at radius 3 is 2.41 bits per heavy atom. The molecule has 0 saturated carbocycles. The maximum atomic E-state index is 12.5. The van der Waals surface area contributed by atoms with Gasteiger partial charge in [-0.25, -0.2) is 12.7 Å². The van der Waals surface area contributed by atoms with E-state index in [0.717, 1.165) is 9.87 Å². The Morgan fingerprint density at radius 2 is 1.76 bits per heavy atom. The number of hydrogen-bond donors (Lipinski definition) is 1. The molecule has 4 rings (SSSR count). The topological polar surface area (TPSA) is 110 Å². The molecule has 2 heterocycles. The van der Waals surface area contributed by atoms with Gasteiger partial charge in [0.15, 0.2) is 10.9 Å². The van der Waals surface area contributed by atoms with Crippen molar-refractivity contribution in [1.29, 1.82) is 0 Å². The van der Waals surface area contributed by atoms with Crippen LogP contribution in [0.3, 0.4) is 0 Å². The minimum Gasteiger partial charge on any atom is -0.461 e. The minimum atomic E-state index is -3.52. The van der Waals surface area contributed by atoms with Gasteiger partial charge < -0.3 is 9.73 Å². The van der Waals surface area contributed by atoms with Gasteiger partial charge in [-0.1, -0.05) is 42.1 Å². The highest BCUT2D eigenvalue weighted by molar-refractivity contribution is 7.99. The Balaban J connectivity index is 1.45. The number of sulfonamides is 1. The van der Waals surface area contributed by atoms with E-state index in [2.05, 4.69) is 15.5 Å². The second-order valence-corrected chi connectivity index (χ2v) is 10.6. The maximum absolute atomic E-state index is 12.5. The summed E-state index contributed by atoms with van der Waals surface area (Å²) in [6.45, 7) is 0.523. The highest BCUT2D eigenvalue weighted by Gasteiger charge is 2.19. The molecule has 176 valence electrons. The number of aromatic nitrogens is 3. The van der Waals surface area contributed by atoms with Gasteiger partial charge in [0.2, 0.25) is 21.8 Å². The molecule has 34 heavy (non-hydrogen) atoms. The van der Waals surface area contributed by atoms with Crippen molar-refractivity contribution in [1.82, 2.24) is 19.1 Å². The minimum absolute atomic E-state index is 0.100. The lowest BCUT2D eigenvalue weighted by Gasteiger charge is -2.12. The average Bonchev–Trinajstić information content (AvgIpc) is 3.49. The third-order valence-corrected chi connectivity index (χ3v) is 7.69. The molecule has 0 aliphatic rings. The van der Waals surface area contributed by atoms with E-state index in [9.17, 15) is 13.2 Å². The Kier molecular flexibility index (Phi) is 7.15. The monoisotopic (exact) mass is 497 g/mol. The number of rotatable bonds is 9. The van der Waals surface area contributed by atoms with Gasteiger partial charge in [-0.3, -0.25) is 9.36 Å². The zero-order valence-corrected chi connectivity index (χ0v) is 20.2. The van der Waals surface area contributed by atoms with Crippen molar-refractivity contribution in [3.63, 3.8) is 0 Å². The van der Waals surface area contributed by atoms with Crippen LogP contribution in [-0.2, 0) is 21.4 Å². The lowest BCUT2D eigenvalue weighted by Crippen LogP contribution is -2.22. The highest BCUT2D eigenvalue weighted by atomic mass is 32.2. The first-order valence-electron chi connectivity index (χ1n) is 10.3. The molecule has 0 saturated heterocycles. The molecule has 0 radical (unpaired) electrons. The molecule has 1 amide bonds. The van der Waals surface area contributed by atoms with Gasteiger partial charge in [-0.2, -0.15) is 0 Å². The van der Waals surface area contributed by atoms with Crippen LogP contribution in [0.4, 0.5) is 5.69 Å². The Bertz CT molecular complexity index is 1350. The summed E-state index contributed by atoms with van der Waals surface area (Å²) in [7, 11) is -0.588. The first-order chi connectivity index (χ1) is 16.3. The van der Waals surface area contributed by atoms with E-state index in [1.807, 2.05) is 41.0 Å². The molecule has 0 spiro atoms. The number of hydrogen-bond acceptors (Lipinski definition) is 7. The van der Waals surface area contributed by atoms with Crippen LogP contribution in [0.5, 0.6) is 0 Å². The highest BCUT2D eigenvalue weighted by Crippen LogP contribution is 2.26. The van der Waals surface area contributed by atoms with Crippen LogP contribution in [0, 0.1) is 0 Å². The molecule has 4 aromatic rings. The number of nitrogens with one attached hydrogen (secondary N) is 1. The lowest BCUT2D eigenvalue weighted by atomic mass is 10.2. The molecule has 0 unspecified atom stereocenters. The molecule has 2 aromatic heterocycles. The fourth-order valence-corrected chi connectivity index (χ4v) is 4.78. The van der Waals surface area contributed by atoms with Gasteiger partial charge in [-0.15, -0.1) is 10.2 Å². The summed E-state index contributed by atoms with van der Waals surface area (Å²) in [4.78, 5) is 12.7. The van der Waals surface area contributed by atoms with Crippen LogP contribution < -0.4 is 5.32 Å². The van der Waals surface area contributed by atoms with Crippen LogP contribution in [0.1, 0.15) is 5.56 Å². The zero-order chi connectivity index (χ0) is 24.1. The molecule has 0 atom stereocenters. The third-order valence-electron chi connectivity index (χ3n) is 4.89. The third kappa shape index (κ3) is 5.38. The lowest BCUT2D eigenvalue weighted by molar-refractivity contribution is -0.113. The molecule has 2 aromatic carbocycles. The molecule has 1 N–H and O–H groups in total. The van der Waals surface area contributed by atoms with Gasteiger partial charge >= 0.3 is 0 Å². The van der Waals surface area contributed by atoms with Crippen molar-refractivity contribution in [2.24, 2.45) is 0 Å². The SMILES string of the molecule is CN(C)S(=O)(=O)c1ccc(NC(=O)CSc2nnc(-c3ccco3)n2Cc2ccccc2)cc1. The van der Waals surface area contributed by atoms with Crippen LogP contribution in [-0.4, -0.2) is 53.2 Å². The Hall–Kier alpha value is -3.41. The first-order valence-corrected chi connectivity index (χ1v) is 12.7. The zero-order valence-electron chi connectivity index (χ0n) is 18.6. The van der Waals surface area contributed by atoms with Gasteiger partial charge in [0.25, 0.3) is 0 Å². The van der Waals surface area contributed by atoms with Gasteiger partial charge in [0, 0.05) is 19.8 Å². The van der Waals surface area contributed by atoms with Crippen LogP contribution >= 0.6 is 11.8 Å². The van der Waals surface area contributed by atoms with Crippen molar-refractivity contribution in [2.45, 2.75) is 16.6 Å². The second-order valence-electron chi connectivity index (χ2n) is 7.50. The van der Waals surface area contributed by atoms with Crippen LogP contribution in [0.25, 0.3) is 11.6 Å². The Morgan fingerprint density at radius 1 is 1.03 bits per heavy atom. The van der Waals surface area contributed by atoms with Gasteiger partial charge in [0.1, 0.15) is 0 Å². The fourth-order valence-electron chi connectivity index (χ4n) is 3.14.